The standard InChI is InChI=1S/C20H30N4O3.HI/c1-4-27-19(26)17-10-13-24(14-11-17)20(21-3)22-12-9-16-5-7-18(8-6-16)23-15(2)25;/h5-8,17H,4,9-14H2,1-3H3,(H,21,22)(H,23,25);1H. The Morgan fingerprint density at radius 2 is 1.86 bits per heavy atom. The number of rotatable bonds is 6. The number of likely N-dealkylation sites (tertiary alicyclic amines) is 1. The first-order valence-electron chi connectivity index (χ1n) is 9.52. The maximum atomic E-state index is 11.8. The molecule has 8 heteroatoms. The minimum absolute atomic E-state index is 0. The van der Waals surface area contributed by atoms with Gasteiger partial charge in [0.05, 0.1) is 12.5 Å². The molecular formula is C20H31IN4O3. The van der Waals surface area contributed by atoms with E-state index in [1.54, 1.807) is 7.05 Å². The van der Waals surface area contributed by atoms with Gasteiger partial charge in [-0.2, -0.15) is 0 Å². The fraction of sp³-hybridized carbons (Fsp3) is 0.550. The Kier molecular flexibility index (Phi) is 10.9. The van der Waals surface area contributed by atoms with Crippen LogP contribution in [-0.4, -0.2) is 56.0 Å². The van der Waals surface area contributed by atoms with Crippen LogP contribution in [0.4, 0.5) is 5.69 Å². The van der Waals surface area contributed by atoms with E-state index in [0.29, 0.717) is 6.61 Å². The first-order valence-corrected chi connectivity index (χ1v) is 9.52. The van der Waals surface area contributed by atoms with Crippen LogP contribution in [0.1, 0.15) is 32.3 Å². The Morgan fingerprint density at radius 1 is 1.21 bits per heavy atom. The van der Waals surface area contributed by atoms with E-state index >= 15 is 0 Å². The molecular weight excluding hydrogens is 471 g/mol. The first-order chi connectivity index (χ1) is 13.0. The van der Waals surface area contributed by atoms with Crippen LogP contribution in [0, 0.1) is 5.92 Å². The Bertz CT molecular complexity index is 656. The fourth-order valence-corrected chi connectivity index (χ4v) is 3.20. The maximum Gasteiger partial charge on any atom is 0.309 e. The largest absolute Gasteiger partial charge is 0.466 e. The second-order valence-electron chi connectivity index (χ2n) is 6.62. The van der Waals surface area contributed by atoms with Gasteiger partial charge in [-0.05, 0) is 43.9 Å². The molecule has 156 valence electrons. The van der Waals surface area contributed by atoms with E-state index in [-0.39, 0.29) is 41.8 Å². The molecule has 0 unspecified atom stereocenters. The number of benzene rings is 1. The van der Waals surface area contributed by atoms with Crippen molar-refractivity contribution in [2.45, 2.75) is 33.1 Å². The number of anilines is 1. The number of amides is 1. The van der Waals surface area contributed by atoms with Crippen LogP contribution in [0.2, 0.25) is 0 Å². The SMILES string of the molecule is CCOC(=O)C1CCN(C(=NC)NCCc2ccc(NC(C)=O)cc2)CC1.I. The van der Waals surface area contributed by atoms with Crippen molar-refractivity contribution >= 4 is 47.5 Å². The zero-order valence-electron chi connectivity index (χ0n) is 16.9. The smallest absolute Gasteiger partial charge is 0.309 e. The van der Waals surface area contributed by atoms with Crippen molar-refractivity contribution in [3.8, 4) is 0 Å². The van der Waals surface area contributed by atoms with Gasteiger partial charge in [0, 0.05) is 39.3 Å². The molecule has 1 amide bonds. The highest BCUT2D eigenvalue weighted by Crippen LogP contribution is 2.18. The number of carbonyl (C=O) groups excluding carboxylic acids is 2. The van der Waals surface area contributed by atoms with E-state index in [4.69, 9.17) is 4.74 Å². The quantitative estimate of drug-likeness (QED) is 0.271. The van der Waals surface area contributed by atoms with Crippen molar-refractivity contribution < 1.29 is 14.3 Å². The molecule has 1 aromatic carbocycles. The lowest BCUT2D eigenvalue weighted by molar-refractivity contribution is -0.149. The van der Waals surface area contributed by atoms with Gasteiger partial charge in [0.2, 0.25) is 5.91 Å². The number of hydrogen-bond acceptors (Lipinski definition) is 4. The van der Waals surface area contributed by atoms with E-state index in [0.717, 1.165) is 50.5 Å². The molecule has 0 aromatic heterocycles. The molecule has 0 spiro atoms. The zero-order chi connectivity index (χ0) is 19.6. The number of esters is 1. The van der Waals surface area contributed by atoms with Crippen molar-refractivity contribution in [3.63, 3.8) is 0 Å². The summed E-state index contributed by atoms with van der Waals surface area (Å²) in [4.78, 5) is 29.5. The van der Waals surface area contributed by atoms with Gasteiger partial charge in [0.25, 0.3) is 0 Å². The minimum Gasteiger partial charge on any atom is -0.466 e. The Labute approximate surface area is 184 Å². The topological polar surface area (TPSA) is 83.0 Å². The summed E-state index contributed by atoms with van der Waals surface area (Å²) >= 11 is 0. The number of hydrogen-bond donors (Lipinski definition) is 2. The lowest BCUT2D eigenvalue weighted by Gasteiger charge is -2.33. The van der Waals surface area contributed by atoms with Crippen LogP contribution < -0.4 is 10.6 Å². The molecule has 0 atom stereocenters. The molecule has 2 rings (SSSR count). The number of ether oxygens (including phenoxy) is 1. The van der Waals surface area contributed by atoms with Crippen molar-refractivity contribution in [1.82, 2.24) is 10.2 Å². The molecule has 1 heterocycles. The van der Waals surface area contributed by atoms with Gasteiger partial charge in [-0.25, -0.2) is 0 Å². The summed E-state index contributed by atoms with van der Waals surface area (Å²) in [6.45, 7) is 6.15. The molecule has 0 saturated carbocycles. The van der Waals surface area contributed by atoms with E-state index in [2.05, 4.69) is 20.5 Å². The number of guanidine groups is 1. The number of nitrogens with zero attached hydrogens (tertiary/aromatic N) is 2. The second kappa shape index (κ2) is 12.6. The van der Waals surface area contributed by atoms with Crippen LogP contribution in [0.5, 0.6) is 0 Å². The minimum atomic E-state index is -0.0807. The molecule has 1 aliphatic rings. The van der Waals surface area contributed by atoms with Crippen LogP contribution in [0.3, 0.4) is 0 Å². The predicted molar refractivity (Wildman–Crippen MR) is 122 cm³/mol. The van der Waals surface area contributed by atoms with Crippen LogP contribution in [0.15, 0.2) is 29.3 Å². The summed E-state index contributed by atoms with van der Waals surface area (Å²) in [5.74, 6) is 0.719. The van der Waals surface area contributed by atoms with Gasteiger partial charge in [0.1, 0.15) is 0 Å². The van der Waals surface area contributed by atoms with Crippen molar-refractivity contribution in [2.24, 2.45) is 10.9 Å². The number of aliphatic imine (C=N–C) groups is 1. The molecule has 1 aromatic rings. The molecule has 0 bridgehead atoms. The lowest BCUT2D eigenvalue weighted by atomic mass is 9.97. The summed E-state index contributed by atoms with van der Waals surface area (Å²) in [6, 6.07) is 7.85. The predicted octanol–water partition coefficient (Wildman–Crippen LogP) is 2.66. The highest BCUT2D eigenvalue weighted by atomic mass is 127. The lowest BCUT2D eigenvalue weighted by Crippen LogP contribution is -2.47. The molecule has 1 aliphatic heterocycles. The van der Waals surface area contributed by atoms with E-state index < -0.39 is 0 Å². The average molecular weight is 502 g/mol. The van der Waals surface area contributed by atoms with Gasteiger partial charge in [0.15, 0.2) is 5.96 Å². The summed E-state index contributed by atoms with van der Waals surface area (Å²) < 4.78 is 5.12. The fourth-order valence-electron chi connectivity index (χ4n) is 3.20. The van der Waals surface area contributed by atoms with E-state index in [1.165, 1.54) is 12.5 Å². The highest BCUT2D eigenvalue weighted by molar-refractivity contribution is 14.0. The molecule has 2 N–H and O–H groups in total. The summed E-state index contributed by atoms with van der Waals surface area (Å²) in [7, 11) is 1.78. The second-order valence-corrected chi connectivity index (χ2v) is 6.62. The number of carbonyl (C=O) groups is 2. The Balaban J connectivity index is 0.00000392. The van der Waals surface area contributed by atoms with Crippen LogP contribution >= 0.6 is 24.0 Å². The molecule has 1 fully saturated rings. The van der Waals surface area contributed by atoms with Crippen molar-refractivity contribution in [2.75, 3.05) is 38.6 Å². The van der Waals surface area contributed by atoms with Gasteiger partial charge < -0.3 is 20.3 Å². The molecule has 28 heavy (non-hydrogen) atoms. The third-order valence-corrected chi connectivity index (χ3v) is 4.60. The van der Waals surface area contributed by atoms with Gasteiger partial charge >= 0.3 is 5.97 Å². The summed E-state index contributed by atoms with van der Waals surface area (Å²) in [6.07, 6.45) is 2.45. The normalized spacial score (nSPS) is 14.8. The summed E-state index contributed by atoms with van der Waals surface area (Å²) in [5.41, 5.74) is 1.99. The van der Waals surface area contributed by atoms with Crippen molar-refractivity contribution in [1.29, 1.82) is 0 Å². The van der Waals surface area contributed by atoms with Gasteiger partial charge in [-0.15, -0.1) is 24.0 Å². The number of piperidine rings is 1. The summed E-state index contributed by atoms with van der Waals surface area (Å²) in [5, 5.41) is 6.16. The number of halogens is 1. The van der Waals surface area contributed by atoms with Gasteiger partial charge in [-0.3, -0.25) is 14.6 Å². The van der Waals surface area contributed by atoms with E-state index in [9.17, 15) is 9.59 Å². The van der Waals surface area contributed by atoms with E-state index in [1.807, 2.05) is 31.2 Å². The third-order valence-electron chi connectivity index (χ3n) is 4.60. The van der Waals surface area contributed by atoms with Crippen LogP contribution in [-0.2, 0) is 20.7 Å². The highest BCUT2D eigenvalue weighted by Gasteiger charge is 2.27. The molecule has 1 saturated heterocycles. The first kappa shape index (κ1) is 24.2. The molecule has 0 aliphatic carbocycles. The molecule has 7 nitrogen and oxygen atoms in total. The monoisotopic (exact) mass is 502 g/mol. The third kappa shape index (κ3) is 7.65. The molecule has 0 radical (unpaired) electrons. The zero-order valence-corrected chi connectivity index (χ0v) is 19.2. The maximum absolute atomic E-state index is 11.8. The Morgan fingerprint density at radius 3 is 2.39 bits per heavy atom. The van der Waals surface area contributed by atoms with Crippen LogP contribution in [0.25, 0.3) is 0 Å². The Hall–Kier alpha value is -1.84. The average Bonchev–Trinajstić information content (AvgIpc) is 2.66. The number of nitrogens with one attached hydrogen (secondary N) is 2. The van der Waals surface area contributed by atoms with Crippen molar-refractivity contribution in [3.05, 3.63) is 29.8 Å². The van der Waals surface area contributed by atoms with Gasteiger partial charge in [-0.1, -0.05) is 12.1 Å².